The third kappa shape index (κ3) is 4.68. The summed E-state index contributed by atoms with van der Waals surface area (Å²) < 4.78 is 33.8. The van der Waals surface area contributed by atoms with Crippen LogP contribution in [0.3, 0.4) is 0 Å². The van der Waals surface area contributed by atoms with E-state index >= 15 is 0 Å². The van der Waals surface area contributed by atoms with Crippen LogP contribution in [-0.4, -0.2) is 63.9 Å². The van der Waals surface area contributed by atoms with Gasteiger partial charge >= 0.3 is 5.78 Å². The van der Waals surface area contributed by atoms with E-state index in [1.165, 1.54) is 35.5 Å². The minimum atomic E-state index is -1.01. The number of hydrogen-bond acceptors (Lipinski definition) is 8. The van der Waals surface area contributed by atoms with Gasteiger partial charge in [0.2, 0.25) is 0 Å². The lowest BCUT2D eigenvalue weighted by atomic mass is 9.71. The van der Waals surface area contributed by atoms with Gasteiger partial charge in [-0.05, 0) is 35.4 Å². The number of ketones is 2. The molecule has 0 saturated carbocycles. The molecule has 2 aromatic carbocycles. The van der Waals surface area contributed by atoms with Gasteiger partial charge in [0.1, 0.15) is 17.3 Å². The Labute approximate surface area is 215 Å². The molecule has 0 aromatic heterocycles. The normalized spacial score (nSPS) is 22.0. The van der Waals surface area contributed by atoms with Gasteiger partial charge in [-0.25, -0.2) is 0 Å². The van der Waals surface area contributed by atoms with Crippen molar-refractivity contribution >= 4 is 11.6 Å². The van der Waals surface area contributed by atoms with Crippen molar-refractivity contribution in [2.75, 3.05) is 42.2 Å². The van der Waals surface area contributed by atoms with Crippen LogP contribution in [0.4, 0.5) is 0 Å². The summed E-state index contributed by atoms with van der Waals surface area (Å²) in [6.07, 6.45) is 2.39. The molecular weight excluding hydrogens is 480 g/mol. The Morgan fingerprint density at radius 1 is 0.865 bits per heavy atom. The van der Waals surface area contributed by atoms with Crippen molar-refractivity contribution in [1.29, 1.82) is 0 Å². The number of Topliss-reactive ketones (excluding diaryl/α,β-unsaturated/α-hetero) is 1. The summed E-state index contributed by atoms with van der Waals surface area (Å²) >= 11 is 0. The van der Waals surface area contributed by atoms with Gasteiger partial charge in [-0.1, -0.05) is 6.07 Å². The van der Waals surface area contributed by atoms with Gasteiger partial charge in [-0.2, -0.15) is 0 Å². The third-order valence-electron chi connectivity index (χ3n) is 6.70. The second kappa shape index (κ2) is 11.1. The number of carbonyl (C=O) groups is 1. The van der Waals surface area contributed by atoms with Crippen molar-refractivity contribution in [3.63, 3.8) is 0 Å². The van der Waals surface area contributed by atoms with Crippen LogP contribution in [0, 0.1) is 5.92 Å². The predicted octanol–water partition coefficient (Wildman–Crippen LogP) is 2.80. The van der Waals surface area contributed by atoms with Crippen molar-refractivity contribution in [3.05, 3.63) is 70.5 Å². The van der Waals surface area contributed by atoms with Gasteiger partial charge in [-0.3, -0.25) is 9.22 Å². The molecule has 3 atom stereocenters. The summed E-state index contributed by atoms with van der Waals surface area (Å²) in [7, 11) is 7.57. The second-order valence-electron chi connectivity index (χ2n) is 8.57. The summed E-state index contributed by atoms with van der Waals surface area (Å²) in [5, 5.41) is 20.2. The summed E-state index contributed by atoms with van der Waals surface area (Å²) in [6, 6.07) is 8.52. The van der Waals surface area contributed by atoms with E-state index in [9.17, 15) is 15.0 Å². The van der Waals surface area contributed by atoms with Crippen molar-refractivity contribution in [2.24, 2.45) is 5.92 Å². The standard InChI is InChI=1S/C28H31O9/c1-32-18-10-17(14-30)24(22(12-18)36-5)26-25-21(35-4)8-15(13-29)9-23(25)37-28(27(26)31)16-6-7-19(33-2)20(11-16)34-3/h6-12,24,26,28-30H,13-14H2,1-5H3/q+1/t24?,26?,28-/m1/s1. The average molecular weight is 512 g/mol. The summed E-state index contributed by atoms with van der Waals surface area (Å²) in [4.78, 5) is 14.3. The number of fused-ring (bicyclic) bond motifs is 1. The molecular formula is C28H31O9+. The number of allylic oxidation sites excluding steroid dienone is 3. The zero-order chi connectivity index (χ0) is 26.7. The highest BCUT2D eigenvalue weighted by Crippen LogP contribution is 2.52. The Bertz CT molecular complexity index is 1250. The van der Waals surface area contributed by atoms with E-state index in [0.29, 0.717) is 56.8 Å². The molecule has 2 unspecified atom stereocenters. The number of rotatable bonds is 8. The lowest BCUT2D eigenvalue weighted by Crippen LogP contribution is -2.37. The maximum Gasteiger partial charge on any atom is 0.346 e. The number of methoxy groups -OCH3 is 4. The molecule has 2 aliphatic rings. The van der Waals surface area contributed by atoms with E-state index in [-0.39, 0.29) is 19.0 Å². The van der Waals surface area contributed by atoms with Crippen LogP contribution in [0.5, 0.6) is 23.0 Å². The summed E-state index contributed by atoms with van der Waals surface area (Å²) in [5.74, 6) is 0.939. The monoisotopic (exact) mass is 511 g/mol. The van der Waals surface area contributed by atoms with E-state index in [2.05, 4.69) is 0 Å². The molecule has 9 heteroatoms. The van der Waals surface area contributed by atoms with Gasteiger partial charge < -0.3 is 33.9 Å². The van der Waals surface area contributed by atoms with Crippen LogP contribution in [-0.2, 0) is 20.6 Å². The Balaban J connectivity index is 1.95. The summed E-state index contributed by atoms with van der Waals surface area (Å²) in [5.41, 5.74) is 2.18. The van der Waals surface area contributed by atoms with Gasteiger partial charge in [0.05, 0.1) is 59.6 Å². The van der Waals surface area contributed by atoms with Crippen LogP contribution >= 0.6 is 0 Å². The van der Waals surface area contributed by atoms with E-state index in [0.717, 1.165) is 0 Å². The van der Waals surface area contributed by atoms with Crippen molar-refractivity contribution in [1.82, 2.24) is 0 Å². The SMILES string of the molecule is COC1=CC(=[O+]C)C=C(CO)C1C1C(=O)[C@@H](c2ccc(OC)c(OC)c2)Oc2cc(CO)cc(OC)c21. The second-order valence-corrected chi connectivity index (χ2v) is 8.57. The quantitative estimate of drug-likeness (QED) is 0.520. The van der Waals surface area contributed by atoms with Crippen LogP contribution < -0.4 is 18.9 Å². The van der Waals surface area contributed by atoms with Crippen LogP contribution in [0.1, 0.15) is 28.7 Å². The molecule has 0 radical (unpaired) electrons. The third-order valence-corrected chi connectivity index (χ3v) is 6.70. The maximum absolute atomic E-state index is 14.3. The lowest BCUT2D eigenvalue weighted by Gasteiger charge is -2.38. The number of hydrogen-bond donors (Lipinski definition) is 2. The minimum absolute atomic E-state index is 0.243. The van der Waals surface area contributed by atoms with Gasteiger partial charge in [0.25, 0.3) is 7.11 Å². The zero-order valence-electron chi connectivity index (χ0n) is 21.4. The number of ether oxygens (including phenoxy) is 5. The molecule has 0 spiro atoms. The highest BCUT2D eigenvalue weighted by molar-refractivity contribution is 6.03. The van der Waals surface area contributed by atoms with Gasteiger partial charge in [0.15, 0.2) is 23.4 Å². The first-order chi connectivity index (χ1) is 17.9. The molecule has 2 aromatic rings. The van der Waals surface area contributed by atoms with Crippen LogP contribution in [0.2, 0.25) is 0 Å². The fourth-order valence-corrected chi connectivity index (χ4v) is 4.94. The first kappa shape index (κ1) is 26.2. The average Bonchev–Trinajstić information content (AvgIpc) is 2.95. The first-order valence-corrected chi connectivity index (χ1v) is 11.7. The molecule has 0 bridgehead atoms. The van der Waals surface area contributed by atoms with Crippen LogP contribution in [0.15, 0.2) is 53.8 Å². The Morgan fingerprint density at radius 3 is 2.19 bits per heavy atom. The van der Waals surface area contributed by atoms with E-state index in [1.54, 1.807) is 42.5 Å². The highest BCUT2D eigenvalue weighted by Gasteiger charge is 2.48. The smallest absolute Gasteiger partial charge is 0.346 e. The molecule has 2 N–H and O–H groups in total. The molecule has 196 valence electrons. The molecule has 0 fully saturated rings. The number of carbonyl (C=O) groups excluding carboxylic acids is 2. The van der Waals surface area contributed by atoms with E-state index < -0.39 is 17.9 Å². The fourth-order valence-electron chi connectivity index (χ4n) is 4.94. The minimum Gasteiger partial charge on any atom is -0.500 e. The highest BCUT2D eigenvalue weighted by atomic mass is 16.5. The largest absolute Gasteiger partial charge is 0.500 e. The maximum atomic E-state index is 14.3. The predicted molar refractivity (Wildman–Crippen MR) is 134 cm³/mol. The Morgan fingerprint density at radius 2 is 1.59 bits per heavy atom. The van der Waals surface area contributed by atoms with Gasteiger partial charge in [0, 0.05) is 17.2 Å². The first-order valence-electron chi connectivity index (χ1n) is 11.7. The summed E-state index contributed by atoms with van der Waals surface area (Å²) in [6.45, 7) is -0.566. The molecule has 37 heavy (non-hydrogen) atoms. The van der Waals surface area contributed by atoms with E-state index in [4.69, 9.17) is 28.1 Å². The van der Waals surface area contributed by atoms with Crippen molar-refractivity contribution in [3.8, 4) is 23.0 Å². The molecule has 0 saturated heterocycles. The lowest BCUT2D eigenvalue weighted by molar-refractivity contribution is -0.418. The fraction of sp³-hybridized carbons (Fsp3) is 0.357. The Hall–Kier alpha value is -3.82. The molecule has 9 nitrogen and oxygen atoms in total. The van der Waals surface area contributed by atoms with Gasteiger partial charge in [-0.15, -0.1) is 0 Å². The molecule has 1 aliphatic carbocycles. The molecule has 4 rings (SSSR count). The molecule has 1 heterocycles. The van der Waals surface area contributed by atoms with E-state index in [1.807, 2.05) is 0 Å². The zero-order valence-corrected chi connectivity index (χ0v) is 21.4. The molecule has 0 amide bonds. The topological polar surface area (TPSA) is 115 Å². The number of benzene rings is 2. The van der Waals surface area contributed by atoms with Crippen molar-refractivity contribution in [2.45, 2.75) is 18.6 Å². The molecule has 1 aliphatic heterocycles. The number of aliphatic hydroxyl groups is 2. The number of aliphatic hydroxyl groups excluding tert-OH is 2. The van der Waals surface area contributed by atoms with Crippen LogP contribution in [0.25, 0.3) is 0 Å². The Kier molecular flexibility index (Phi) is 7.85. The van der Waals surface area contributed by atoms with Crippen molar-refractivity contribution < 1.29 is 43.1 Å².